The molecule has 1 aromatic rings. The Labute approximate surface area is 120 Å². The molecule has 0 aliphatic heterocycles. The quantitative estimate of drug-likeness (QED) is 0.822. The van der Waals surface area contributed by atoms with Crippen molar-refractivity contribution in [3.05, 3.63) is 29.8 Å². The zero-order chi connectivity index (χ0) is 16.3. The van der Waals surface area contributed by atoms with E-state index in [1.807, 2.05) is 5.32 Å². The van der Waals surface area contributed by atoms with Gasteiger partial charge in [0.1, 0.15) is 6.04 Å². The van der Waals surface area contributed by atoms with Crippen LogP contribution in [0.3, 0.4) is 0 Å². The fraction of sp³-hybridized carbons (Fsp3) is 0.417. The number of amides is 1. The molecule has 0 heterocycles. The van der Waals surface area contributed by atoms with Crippen molar-refractivity contribution in [2.24, 2.45) is 5.73 Å². The summed E-state index contributed by atoms with van der Waals surface area (Å²) in [6, 6.07) is 2.25. The number of rotatable bonds is 6. The fourth-order valence-electron chi connectivity index (χ4n) is 1.66. The number of nitrogens with one attached hydrogen (secondary N) is 1. The first kappa shape index (κ1) is 17.4. The van der Waals surface area contributed by atoms with Crippen LogP contribution in [0.5, 0.6) is 0 Å². The smallest absolute Gasteiger partial charge is 0.369 e. The number of sulfone groups is 1. The molecule has 9 heteroatoms. The van der Waals surface area contributed by atoms with Crippen LogP contribution in [0, 0.1) is 0 Å². The van der Waals surface area contributed by atoms with Gasteiger partial charge < -0.3 is 5.73 Å². The summed E-state index contributed by atoms with van der Waals surface area (Å²) in [6.45, 7) is 0.801. The minimum Gasteiger partial charge on any atom is -0.369 e. The zero-order valence-corrected chi connectivity index (χ0v) is 12.0. The number of alkyl halides is 3. The highest BCUT2D eigenvalue weighted by Crippen LogP contribution is 2.32. The first-order valence-corrected chi connectivity index (χ1v) is 7.64. The molecular formula is C12H15F3N2O3S. The molecule has 0 radical (unpaired) electrons. The molecule has 0 fully saturated rings. The maximum Gasteiger partial charge on any atom is 0.407 e. The monoisotopic (exact) mass is 324 g/mol. The first-order valence-electron chi connectivity index (χ1n) is 5.99. The Hall–Kier alpha value is -1.61. The number of halogens is 3. The lowest BCUT2D eigenvalue weighted by Gasteiger charge is -2.21. The average molecular weight is 324 g/mol. The van der Waals surface area contributed by atoms with Crippen molar-refractivity contribution in [3.63, 3.8) is 0 Å². The number of carbonyl (C=O) groups excluding carboxylic acids is 1. The number of hydrogen-bond donors (Lipinski definition) is 2. The van der Waals surface area contributed by atoms with Crippen molar-refractivity contribution in [1.82, 2.24) is 5.32 Å². The predicted molar refractivity (Wildman–Crippen MR) is 70.2 cm³/mol. The van der Waals surface area contributed by atoms with Gasteiger partial charge in [-0.15, -0.1) is 0 Å². The van der Waals surface area contributed by atoms with Crippen molar-refractivity contribution in [3.8, 4) is 0 Å². The lowest BCUT2D eigenvalue weighted by molar-refractivity contribution is -0.158. The van der Waals surface area contributed by atoms with Crippen LogP contribution in [0.15, 0.2) is 29.2 Å². The van der Waals surface area contributed by atoms with E-state index in [-0.39, 0.29) is 16.2 Å². The van der Waals surface area contributed by atoms with Crippen LogP contribution < -0.4 is 11.1 Å². The molecule has 0 aliphatic rings. The molecule has 21 heavy (non-hydrogen) atoms. The van der Waals surface area contributed by atoms with E-state index in [2.05, 4.69) is 0 Å². The minimum absolute atomic E-state index is 0.0513. The number of carbonyl (C=O) groups is 1. The summed E-state index contributed by atoms with van der Waals surface area (Å²) in [7, 11) is -3.48. The maximum absolute atomic E-state index is 12.9. The van der Waals surface area contributed by atoms with Gasteiger partial charge in [-0.1, -0.05) is 19.1 Å². The maximum atomic E-state index is 12.9. The topological polar surface area (TPSA) is 89.3 Å². The van der Waals surface area contributed by atoms with E-state index in [1.165, 1.54) is 6.92 Å². The summed E-state index contributed by atoms with van der Waals surface area (Å²) in [5, 5.41) is 2.00. The summed E-state index contributed by atoms with van der Waals surface area (Å²) >= 11 is 0. The van der Waals surface area contributed by atoms with Gasteiger partial charge in [0.25, 0.3) is 0 Å². The summed E-state index contributed by atoms with van der Waals surface area (Å²) in [6.07, 6.45) is -4.64. The Balaban J connectivity index is 3.07. The lowest BCUT2D eigenvalue weighted by Crippen LogP contribution is -2.39. The second kappa shape index (κ2) is 6.44. The van der Waals surface area contributed by atoms with Crippen molar-refractivity contribution in [2.75, 3.05) is 12.3 Å². The fourth-order valence-corrected chi connectivity index (χ4v) is 2.54. The van der Waals surface area contributed by atoms with E-state index in [1.54, 1.807) is 0 Å². The first-order chi connectivity index (χ1) is 9.58. The molecule has 0 aliphatic carbocycles. The van der Waals surface area contributed by atoms with Gasteiger partial charge in [0, 0.05) is 0 Å². The summed E-state index contributed by atoms with van der Waals surface area (Å²) < 4.78 is 62.0. The van der Waals surface area contributed by atoms with Crippen molar-refractivity contribution < 1.29 is 26.4 Å². The second-order valence-electron chi connectivity index (χ2n) is 4.29. The van der Waals surface area contributed by atoms with Crippen molar-refractivity contribution >= 4 is 15.7 Å². The molecule has 1 amide bonds. The average Bonchev–Trinajstić information content (AvgIpc) is 2.37. The molecular weight excluding hydrogens is 309 g/mol. The van der Waals surface area contributed by atoms with Gasteiger partial charge in [0.2, 0.25) is 5.91 Å². The van der Waals surface area contributed by atoms with Gasteiger partial charge in [0.15, 0.2) is 9.84 Å². The Morgan fingerprint density at radius 1 is 1.29 bits per heavy atom. The van der Waals surface area contributed by atoms with Crippen LogP contribution in [0.2, 0.25) is 0 Å². The van der Waals surface area contributed by atoms with Crippen LogP contribution in [-0.4, -0.2) is 32.8 Å². The van der Waals surface area contributed by atoms with Crippen molar-refractivity contribution in [1.29, 1.82) is 0 Å². The third-order valence-electron chi connectivity index (χ3n) is 2.76. The van der Waals surface area contributed by atoms with E-state index in [9.17, 15) is 26.4 Å². The number of nitrogens with two attached hydrogens (primary N) is 1. The van der Waals surface area contributed by atoms with E-state index < -0.39 is 34.5 Å². The van der Waals surface area contributed by atoms with Gasteiger partial charge in [-0.2, -0.15) is 13.2 Å². The lowest BCUT2D eigenvalue weighted by atomic mass is 10.1. The molecule has 1 aromatic carbocycles. The zero-order valence-electron chi connectivity index (χ0n) is 11.1. The molecule has 1 atom stereocenters. The summed E-state index contributed by atoms with van der Waals surface area (Å²) in [5.74, 6) is -1.07. The molecule has 0 saturated heterocycles. The number of hydrogen-bond acceptors (Lipinski definition) is 4. The Bertz CT molecular complexity index is 597. The third-order valence-corrected chi connectivity index (χ3v) is 4.51. The summed E-state index contributed by atoms with van der Waals surface area (Å²) in [4.78, 5) is 10.5. The normalized spacial score (nSPS) is 13.9. The van der Waals surface area contributed by atoms with Gasteiger partial charge in [-0.25, -0.2) is 8.42 Å². The van der Waals surface area contributed by atoms with Crippen LogP contribution in [0.1, 0.15) is 18.5 Å². The summed E-state index contributed by atoms with van der Waals surface area (Å²) in [5.41, 5.74) is 4.62. The molecule has 5 nitrogen and oxygen atoms in total. The van der Waals surface area contributed by atoms with Crippen molar-refractivity contribution in [2.45, 2.75) is 24.0 Å². The van der Waals surface area contributed by atoms with Gasteiger partial charge in [-0.3, -0.25) is 10.1 Å². The largest absolute Gasteiger partial charge is 0.407 e. The number of primary amides is 1. The molecule has 1 unspecified atom stereocenters. The highest BCUT2D eigenvalue weighted by molar-refractivity contribution is 7.91. The Kier molecular flexibility index (Phi) is 5.35. The van der Waals surface area contributed by atoms with Gasteiger partial charge >= 0.3 is 6.18 Å². The van der Waals surface area contributed by atoms with E-state index >= 15 is 0 Å². The minimum atomic E-state index is -4.64. The third kappa shape index (κ3) is 4.71. The van der Waals surface area contributed by atoms with E-state index in [4.69, 9.17) is 5.73 Å². The molecule has 0 saturated carbocycles. The molecule has 1 rings (SSSR count). The highest BCUT2D eigenvalue weighted by Gasteiger charge is 2.40. The predicted octanol–water partition coefficient (Wildman–Crippen LogP) is 1.16. The molecule has 0 aromatic heterocycles. The molecule has 3 N–H and O–H groups in total. The molecule has 118 valence electrons. The second-order valence-corrected chi connectivity index (χ2v) is 6.57. The number of benzene rings is 1. The van der Waals surface area contributed by atoms with Gasteiger partial charge in [-0.05, 0) is 17.7 Å². The van der Waals surface area contributed by atoms with Crippen LogP contribution in [0.4, 0.5) is 13.2 Å². The van der Waals surface area contributed by atoms with Crippen LogP contribution in [0.25, 0.3) is 0 Å². The van der Waals surface area contributed by atoms with Gasteiger partial charge in [0.05, 0.1) is 17.2 Å². The van der Waals surface area contributed by atoms with E-state index in [0.29, 0.717) is 0 Å². The van der Waals surface area contributed by atoms with Crippen LogP contribution in [-0.2, 0) is 14.6 Å². The SMILES string of the molecule is CCS(=O)(=O)c1ccc(C(NCC(N)=O)C(F)(F)F)cc1. The standard InChI is InChI=1S/C12H15F3N2O3S/c1-2-21(19,20)9-5-3-8(4-6-9)11(12(13,14)15)17-7-10(16)18/h3-6,11,17H,2,7H2,1H3,(H2,16,18). The van der Waals surface area contributed by atoms with E-state index in [0.717, 1.165) is 24.3 Å². The highest BCUT2D eigenvalue weighted by atomic mass is 32.2. The van der Waals surface area contributed by atoms with Crippen LogP contribution >= 0.6 is 0 Å². The molecule has 0 bridgehead atoms. The molecule has 0 spiro atoms. The Morgan fingerprint density at radius 2 is 1.81 bits per heavy atom. The Morgan fingerprint density at radius 3 is 2.19 bits per heavy atom.